The van der Waals surface area contributed by atoms with Crippen molar-refractivity contribution in [3.05, 3.63) is 0 Å². The van der Waals surface area contributed by atoms with Crippen molar-refractivity contribution in [2.75, 3.05) is 32.8 Å². The SMILES string of the molecule is CCN(CCOC1CCNCC1)C1CC1. The molecule has 0 unspecified atom stereocenters. The summed E-state index contributed by atoms with van der Waals surface area (Å²) in [4.78, 5) is 2.56. The Morgan fingerprint density at radius 1 is 1.20 bits per heavy atom. The molecule has 3 heteroatoms. The largest absolute Gasteiger partial charge is 0.377 e. The lowest BCUT2D eigenvalue weighted by Crippen LogP contribution is -2.35. The van der Waals surface area contributed by atoms with Crippen molar-refractivity contribution in [2.24, 2.45) is 0 Å². The minimum absolute atomic E-state index is 0.518. The van der Waals surface area contributed by atoms with Crippen molar-refractivity contribution in [2.45, 2.75) is 44.8 Å². The molecule has 0 amide bonds. The van der Waals surface area contributed by atoms with E-state index < -0.39 is 0 Å². The third-order valence-corrected chi connectivity index (χ3v) is 3.49. The predicted octanol–water partition coefficient (Wildman–Crippen LogP) is 1.24. The van der Waals surface area contributed by atoms with E-state index in [0.29, 0.717) is 6.10 Å². The molecule has 0 bridgehead atoms. The maximum atomic E-state index is 5.91. The summed E-state index contributed by atoms with van der Waals surface area (Å²) >= 11 is 0. The minimum atomic E-state index is 0.518. The fraction of sp³-hybridized carbons (Fsp3) is 1.00. The summed E-state index contributed by atoms with van der Waals surface area (Å²) in [5.74, 6) is 0. The minimum Gasteiger partial charge on any atom is -0.377 e. The predicted molar refractivity (Wildman–Crippen MR) is 62.1 cm³/mol. The van der Waals surface area contributed by atoms with Gasteiger partial charge in [0.2, 0.25) is 0 Å². The lowest BCUT2D eigenvalue weighted by Gasteiger charge is -2.25. The summed E-state index contributed by atoms with van der Waals surface area (Å²) in [6, 6.07) is 0.881. The number of hydrogen-bond donors (Lipinski definition) is 1. The van der Waals surface area contributed by atoms with Crippen molar-refractivity contribution in [1.29, 1.82) is 0 Å². The average molecular weight is 212 g/mol. The van der Waals surface area contributed by atoms with Gasteiger partial charge in [0, 0.05) is 12.6 Å². The molecule has 0 aromatic heterocycles. The van der Waals surface area contributed by atoms with Gasteiger partial charge in [-0.3, -0.25) is 4.90 Å². The third kappa shape index (κ3) is 3.74. The Morgan fingerprint density at radius 2 is 1.93 bits per heavy atom. The molecule has 15 heavy (non-hydrogen) atoms. The van der Waals surface area contributed by atoms with Gasteiger partial charge in [0.25, 0.3) is 0 Å². The first-order chi connectivity index (χ1) is 7.40. The van der Waals surface area contributed by atoms with E-state index in [1.54, 1.807) is 0 Å². The van der Waals surface area contributed by atoms with Crippen LogP contribution in [0.2, 0.25) is 0 Å². The quantitative estimate of drug-likeness (QED) is 0.717. The van der Waals surface area contributed by atoms with E-state index in [0.717, 1.165) is 32.3 Å². The van der Waals surface area contributed by atoms with Gasteiger partial charge in [-0.15, -0.1) is 0 Å². The van der Waals surface area contributed by atoms with Crippen molar-refractivity contribution in [3.8, 4) is 0 Å². The Labute approximate surface area is 93.2 Å². The summed E-state index contributed by atoms with van der Waals surface area (Å²) in [5.41, 5.74) is 0. The maximum Gasteiger partial charge on any atom is 0.0600 e. The second-order valence-electron chi connectivity index (χ2n) is 4.68. The zero-order chi connectivity index (χ0) is 10.5. The maximum absolute atomic E-state index is 5.91. The lowest BCUT2D eigenvalue weighted by atomic mass is 10.1. The van der Waals surface area contributed by atoms with E-state index >= 15 is 0 Å². The molecular formula is C12H24N2O. The number of ether oxygens (including phenoxy) is 1. The molecule has 88 valence electrons. The molecule has 3 nitrogen and oxygen atoms in total. The monoisotopic (exact) mass is 212 g/mol. The van der Waals surface area contributed by atoms with Gasteiger partial charge in [0.1, 0.15) is 0 Å². The Balaban J connectivity index is 1.56. The van der Waals surface area contributed by atoms with Crippen LogP contribution in [0.25, 0.3) is 0 Å². The first-order valence-electron chi connectivity index (χ1n) is 6.46. The molecule has 2 aliphatic rings. The number of likely N-dealkylation sites (N-methyl/N-ethyl adjacent to an activating group) is 1. The highest BCUT2D eigenvalue weighted by molar-refractivity contribution is 4.83. The van der Waals surface area contributed by atoms with Crippen molar-refractivity contribution in [3.63, 3.8) is 0 Å². The highest BCUT2D eigenvalue weighted by Gasteiger charge is 2.27. The van der Waals surface area contributed by atoms with Gasteiger partial charge in [-0.25, -0.2) is 0 Å². The molecule has 0 spiro atoms. The van der Waals surface area contributed by atoms with E-state index in [9.17, 15) is 0 Å². The van der Waals surface area contributed by atoms with Crippen molar-refractivity contribution in [1.82, 2.24) is 10.2 Å². The second kappa shape index (κ2) is 5.83. The third-order valence-electron chi connectivity index (χ3n) is 3.49. The fourth-order valence-corrected chi connectivity index (χ4v) is 2.34. The van der Waals surface area contributed by atoms with Gasteiger partial charge < -0.3 is 10.1 Å². The van der Waals surface area contributed by atoms with Crippen LogP contribution >= 0.6 is 0 Å². The lowest BCUT2D eigenvalue weighted by molar-refractivity contribution is 0.0197. The van der Waals surface area contributed by atoms with Crippen LogP contribution in [0, 0.1) is 0 Å². The molecular weight excluding hydrogens is 188 g/mol. The number of nitrogens with zero attached hydrogens (tertiary/aromatic N) is 1. The molecule has 1 N–H and O–H groups in total. The zero-order valence-electron chi connectivity index (χ0n) is 9.87. The van der Waals surface area contributed by atoms with Crippen LogP contribution in [0.3, 0.4) is 0 Å². The van der Waals surface area contributed by atoms with E-state index in [-0.39, 0.29) is 0 Å². The molecule has 0 aromatic rings. The van der Waals surface area contributed by atoms with Gasteiger partial charge in [-0.1, -0.05) is 6.92 Å². The Morgan fingerprint density at radius 3 is 2.53 bits per heavy atom. The summed E-state index contributed by atoms with van der Waals surface area (Å²) in [6.45, 7) is 7.75. The van der Waals surface area contributed by atoms with Gasteiger partial charge >= 0.3 is 0 Å². The van der Waals surface area contributed by atoms with Crippen LogP contribution in [0.15, 0.2) is 0 Å². The normalized spacial score (nSPS) is 23.6. The van der Waals surface area contributed by atoms with Crippen LogP contribution < -0.4 is 5.32 Å². The topological polar surface area (TPSA) is 24.5 Å². The van der Waals surface area contributed by atoms with Gasteiger partial charge in [0.05, 0.1) is 12.7 Å². The molecule has 1 saturated heterocycles. The van der Waals surface area contributed by atoms with E-state index in [1.165, 1.54) is 32.2 Å². The van der Waals surface area contributed by atoms with Crippen LogP contribution in [-0.2, 0) is 4.74 Å². The van der Waals surface area contributed by atoms with Crippen molar-refractivity contribution >= 4 is 0 Å². The highest BCUT2D eigenvalue weighted by atomic mass is 16.5. The van der Waals surface area contributed by atoms with E-state index in [1.807, 2.05) is 0 Å². The molecule has 2 rings (SSSR count). The Hall–Kier alpha value is -0.120. The van der Waals surface area contributed by atoms with Gasteiger partial charge in [-0.05, 0) is 45.3 Å². The first-order valence-corrected chi connectivity index (χ1v) is 6.46. The summed E-state index contributed by atoms with van der Waals surface area (Å²) in [7, 11) is 0. The molecule has 1 aliphatic heterocycles. The fourth-order valence-electron chi connectivity index (χ4n) is 2.34. The van der Waals surface area contributed by atoms with E-state index in [4.69, 9.17) is 4.74 Å². The second-order valence-corrected chi connectivity index (χ2v) is 4.68. The van der Waals surface area contributed by atoms with Crippen LogP contribution in [-0.4, -0.2) is 49.8 Å². The molecule has 0 radical (unpaired) electrons. The van der Waals surface area contributed by atoms with Crippen molar-refractivity contribution < 1.29 is 4.74 Å². The van der Waals surface area contributed by atoms with Gasteiger partial charge in [-0.2, -0.15) is 0 Å². The van der Waals surface area contributed by atoms with E-state index in [2.05, 4.69) is 17.1 Å². The standard InChI is InChI=1S/C12H24N2O/c1-2-14(11-3-4-11)9-10-15-12-5-7-13-8-6-12/h11-13H,2-10H2,1H3. The van der Waals surface area contributed by atoms with Crippen LogP contribution in [0.5, 0.6) is 0 Å². The molecule has 1 saturated carbocycles. The number of rotatable bonds is 6. The number of nitrogens with one attached hydrogen (secondary N) is 1. The van der Waals surface area contributed by atoms with Gasteiger partial charge in [0.15, 0.2) is 0 Å². The molecule has 1 aliphatic carbocycles. The average Bonchev–Trinajstić information content (AvgIpc) is 3.10. The Bertz CT molecular complexity index is 176. The highest BCUT2D eigenvalue weighted by Crippen LogP contribution is 2.26. The zero-order valence-corrected chi connectivity index (χ0v) is 9.87. The summed E-state index contributed by atoms with van der Waals surface area (Å²) < 4.78 is 5.91. The van der Waals surface area contributed by atoms with Crippen LogP contribution in [0.4, 0.5) is 0 Å². The summed E-state index contributed by atoms with van der Waals surface area (Å²) in [5, 5.41) is 3.36. The first kappa shape index (κ1) is 11.4. The number of piperidine rings is 1. The molecule has 0 aromatic carbocycles. The smallest absolute Gasteiger partial charge is 0.0600 e. The Kier molecular flexibility index (Phi) is 4.42. The molecule has 0 atom stereocenters. The van der Waals surface area contributed by atoms with Crippen LogP contribution in [0.1, 0.15) is 32.6 Å². The molecule has 2 fully saturated rings. The summed E-state index contributed by atoms with van der Waals surface area (Å²) in [6.07, 6.45) is 5.71. The number of hydrogen-bond acceptors (Lipinski definition) is 3. The molecule has 1 heterocycles.